The van der Waals surface area contributed by atoms with Crippen molar-refractivity contribution in [3.05, 3.63) is 68.7 Å². The second-order valence-electron chi connectivity index (χ2n) is 4.40. The minimum Gasteiger partial charge on any atom is -0.492 e. The van der Waals surface area contributed by atoms with Crippen LogP contribution in [0.2, 0.25) is 0 Å². The highest BCUT2D eigenvalue weighted by Gasteiger charge is 2.03. The second kappa shape index (κ2) is 7.75. The van der Waals surface area contributed by atoms with E-state index in [9.17, 15) is 10.1 Å². The standard InChI is InChI=1S/C15H15BrN2O3/c16-13-3-1-12(2-4-13)11-17-9-10-21-15-7-5-14(6-8-15)18(19)20/h1-8,17H,9-11H2. The molecule has 0 radical (unpaired) electrons. The first-order chi connectivity index (χ1) is 10.1. The zero-order valence-corrected chi connectivity index (χ0v) is 12.9. The van der Waals surface area contributed by atoms with Crippen LogP contribution >= 0.6 is 15.9 Å². The maximum absolute atomic E-state index is 10.5. The second-order valence-corrected chi connectivity index (χ2v) is 5.32. The number of hydrogen-bond acceptors (Lipinski definition) is 4. The fourth-order valence-corrected chi connectivity index (χ4v) is 2.00. The van der Waals surface area contributed by atoms with Gasteiger partial charge in [0.25, 0.3) is 5.69 Å². The Hall–Kier alpha value is -1.92. The molecule has 2 aromatic carbocycles. The molecule has 0 fully saturated rings. The molecule has 0 aliphatic carbocycles. The molecule has 2 rings (SSSR count). The monoisotopic (exact) mass is 350 g/mol. The van der Waals surface area contributed by atoms with E-state index >= 15 is 0 Å². The Morgan fingerprint density at radius 2 is 1.76 bits per heavy atom. The summed E-state index contributed by atoms with van der Waals surface area (Å²) in [7, 11) is 0. The normalized spacial score (nSPS) is 10.3. The van der Waals surface area contributed by atoms with Crippen LogP contribution < -0.4 is 10.1 Å². The molecule has 110 valence electrons. The predicted octanol–water partition coefficient (Wildman–Crippen LogP) is 3.53. The molecule has 0 amide bonds. The Labute approximate surface area is 131 Å². The number of nitrogens with one attached hydrogen (secondary N) is 1. The summed E-state index contributed by atoms with van der Waals surface area (Å²) in [5.41, 5.74) is 1.27. The van der Waals surface area contributed by atoms with E-state index in [2.05, 4.69) is 21.2 Å². The van der Waals surface area contributed by atoms with Gasteiger partial charge in [0.15, 0.2) is 0 Å². The Morgan fingerprint density at radius 3 is 2.38 bits per heavy atom. The minimum atomic E-state index is -0.427. The molecule has 0 saturated heterocycles. The van der Waals surface area contributed by atoms with Crippen LogP contribution in [0.25, 0.3) is 0 Å². The zero-order valence-electron chi connectivity index (χ0n) is 11.3. The lowest BCUT2D eigenvalue weighted by atomic mass is 10.2. The molecular formula is C15H15BrN2O3. The molecule has 0 spiro atoms. The molecular weight excluding hydrogens is 336 g/mol. The highest BCUT2D eigenvalue weighted by Crippen LogP contribution is 2.17. The fourth-order valence-electron chi connectivity index (χ4n) is 1.74. The highest BCUT2D eigenvalue weighted by atomic mass is 79.9. The summed E-state index contributed by atoms with van der Waals surface area (Å²) in [6.45, 7) is 1.98. The van der Waals surface area contributed by atoms with E-state index < -0.39 is 4.92 Å². The summed E-state index contributed by atoms with van der Waals surface area (Å²) in [4.78, 5) is 10.1. The number of rotatable bonds is 7. The maximum atomic E-state index is 10.5. The molecule has 0 saturated carbocycles. The van der Waals surface area contributed by atoms with Gasteiger partial charge >= 0.3 is 0 Å². The SMILES string of the molecule is O=[N+]([O-])c1ccc(OCCNCc2ccc(Br)cc2)cc1. The summed E-state index contributed by atoms with van der Waals surface area (Å²) in [6, 6.07) is 14.2. The number of benzene rings is 2. The average Bonchev–Trinajstić information content (AvgIpc) is 2.49. The summed E-state index contributed by atoms with van der Waals surface area (Å²) >= 11 is 3.40. The zero-order chi connectivity index (χ0) is 15.1. The van der Waals surface area contributed by atoms with Crippen LogP contribution in [-0.2, 0) is 6.54 Å². The molecule has 21 heavy (non-hydrogen) atoms. The molecule has 6 heteroatoms. The number of nitro benzene ring substituents is 1. The number of hydrogen-bond donors (Lipinski definition) is 1. The van der Waals surface area contributed by atoms with E-state index in [-0.39, 0.29) is 5.69 Å². The Balaban J connectivity index is 1.67. The number of halogens is 1. The molecule has 1 N–H and O–H groups in total. The van der Waals surface area contributed by atoms with E-state index in [1.54, 1.807) is 12.1 Å². The number of ether oxygens (including phenoxy) is 1. The maximum Gasteiger partial charge on any atom is 0.269 e. The highest BCUT2D eigenvalue weighted by molar-refractivity contribution is 9.10. The predicted molar refractivity (Wildman–Crippen MR) is 84.4 cm³/mol. The van der Waals surface area contributed by atoms with E-state index in [4.69, 9.17) is 4.74 Å². The molecule has 5 nitrogen and oxygen atoms in total. The van der Waals surface area contributed by atoms with Crippen LogP contribution in [0.15, 0.2) is 53.0 Å². The van der Waals surface area contributed by atoms with Crippen molar-refractivity contribution in [2.75, 3.05) is 13.2 Å². The Kier molecular flexibility index (Phi) is 5.71. The quantitative estimate of drug-likeness (QED) is 0.471. The number of nitro groups is 1. The van der Waals surface area contributed by atoms with Crippen LogP contribution in [0.3, 0.4) is 0 Å². The molecule has 0 atom stereocenters. The van der Waals surface area contributed by atoms with Gasteiger partial charge in [-0.3, -0.25) is 10.1 Å². The van der Waals surface area contributed by atoms with Crippen LogP contribution in [0.4, 0.5) is 5.69 Å². The van der Waals surface area contributed by atoms with Crippen molar-refractivity contribution < 1.29 is 9.66 Å². The van der Waals surface area contributed by atoms with Gasteiger partial charge in [0.1, 0.15) is 12.4 Å². The van der Waals surface area contributed by atoms with Crippen molar-refractivity contribution >= 4 is 21.6 Å². The smallest absolute Gasteiger partial charge is 0.269 e. The van der Waals surface area contributed by atoms with Crippen LogP contribution in [0.1, 0.15) is 5.56 Å². The lowest BCUT2D eigenvalue weighted by molar-refractivity contribution is -0.384. The van der Waals surface area contributed by atoms with Gasteiger partial charge in [-0.05, 0) is 29.8 Å². The van der Waals surface area contributed by atoms with Gasteiger partial charge in [0.05, 0.1) is 4.92 Å². The largest absolute Gasteiger partial charge is 0.492 e. The van der Waals surface area contributed by atoms with Crippen LogP contribution in [0, 0.1) is 10.1 Å². The molecule has 2 aromatic rings. The average molecular weight is 351 g/mol. The van der Waals surface area contributed by atoms with Gasteiger partial charge in [0.2, 0.25) is 0 Å². The molecule has 0 bridgehead atoms. The Bertz CT molecular complexity index is 585. The summed E-state index contributed by atoms with van der Waals surface area (Å²) < 4.78 is 6.57. The van der Waals surface area contributed by atoms with Crippen LogP contribution in [0.5, 0.6) is 5.75 Å². The van der Waals surface area contributed by atoms with Crippen molar-refractivity contribution in [2.45, 2.75) is 6.54 Å². The van der Waals surface area contributed by atoms with Gasteiger partial charge in [0, 0.05) is 29.7 Å². The molecule has 0 unspecified atom stereocenters. The van der Waals surface area contributed by atoms with Crippen molar-refractivity contribution in [3.8, 4) is 5.75 Å². The van der Waals surface area contributed by atoms with E-state index in [1.165, 1.54) is 17.7 Å². The first-order valence-corrected chi connectivity index (χ1v) is 7.27. The van der Waals surface area contributed by atoms with Crippen molar-refractivity contribution in [1.82, 2.24) is 5.32 Å². The third-order valence-electron chi connectivity index (χ3n) is 2.84. The van der Waals surface area contributed by atoms with Crippen molar-refractivity contribution in [3.63, 3.8) is 0 Å². The number of nitrogens with zero attached hydrogens (tertiary/aromatic N) is 1. The number of non-ortho nitro benzene ring substituents is 1. The van der Waals surface area contributed by atoms with Gasteiger partial charge in [-0.1, -0.05) is 28.1 Å². The van der Waals surface area contributed by atoms with Crippen molar-refractivity contribution in [2.24, 2.45) is 0 Å². The van der Waals surface area contributed by atoms with Crippen LogP contribution in [-0.4, -0.2) is 18.1 Å². The van der Waals surface area contributed by atoms with Gasteiger partial charge < -0.3 is 10.1 Å². The van der Waals surface area contributed by atoms with Crippen molar-refractivity contribution in [1.29, 1.82) is 0 Å². The van der Waals surface area contributed by atoms with E-state index in [0.717, 1.165) is 11.0 Å². The Morgan fingerprint density at radius 1 is 1.10 bits per heavy atom. The summed E-state index contributed by atoms with van der Waals surface area (Å²) in [5, 5.41) is 13.8. The minimum absolute atomic E-state index is 0.0655. The lowest BCUT2D eigenvalue weighted by Gasteiger charge is -2.07. The molecule has 0 heterocycles. The third kappa shape index (κ3) is 5.17. The van der Waals surface area contributed by atoms with E-state index in [0.29, 0.717) is 18.9 Å². The van der Waals surface area contributed by atoms with E-state index in [1.807, 2.05) is 24.3 Å². The topological polar surface area (TPSA) is 64.4 Å². The van der Waals surface area contributed by atoms with Gasteiger partial charge in [-0.15, -0.1) is 0 Å². The first-order valence-electron chi connectivity index (χ1n) is 6.47. The lowest BCUT2D eigenvalue weighted by Crippen LogP contribution is -2.20. The van der Waals surface area contributed by atoms with Gasteiger partial charge in [-0.25, -0.2) is 0 Å². The molecule has 0 aliphatic rings. The summed E-state index contributed by atoms with van der Waals surface area (Å²) in [6.07, 6.45) is 0. The molecule has 0 aromatic heterocycles. The van der Waals surface area contributed by atoms with Gasteiger partial charge in [-0.2, -0.15) is 0 Å². The third-order valence-corrected chi connectivity index (χ3v) is 3.37. The fraction of sp³-hybridized carbons (Fsp3) is 0.200. The molecule has 0 aliphatic heterocycles. The summed E-state index contributed by atoms with van der Waals surface area (Å²) in [5.74, 6) is 0.631. The first kappa shape index (κ1) is 15.5.